The van der Waals surface area contributed by atoms with Crippen molar-refractivity contribution in [1.82, 2.24) is 0 Å². The number of fused-ring (bicyclic) bond motifs is 6. The summed E-state index contributed by atoms with van der Waals surface area (Å²) in [5, 5.41) is 0. The maximum absolute atomic E-state index is 2.41. The van der Waals surface area contributed by atoms with Gasteiger partial charge in [-0.3, -0.25) is 0 Å². The van der Waals surface area contributed by atoms with Crippen LogP contribution in [0.15, 0.2) is 164 Å². The Labute approximate surface area is 299 Å². The Morgan fingerprint density at radius 3 is 1.50 bits per heavy atom. The quantitative estimate of drug-likeness (QED) is 0.180. The standard InChI is InChI=1S/C48H39N.CH4.H2/c1-47(2)43-19-11-9-16-41(43)46-38(17-12-20-44(46)47)34-23-27-36(28-24-34)49(35-25-21-33(22-26-35)32-13-6-5-7-14-32)37-29-30-40-39-15-8-10-18-42(39)48(3,4)45(40)31-37;;/h5-31H,1-4H3;1H4;1H. The average Bonchev–Trinajstić information content (AvgIpc) is 3.52. The summed E-state index contributed by atoms with van der Waals surface area (Å²) in [6.07, 6.45) is 0. The predicted molar refractivity (Wildman–Crippen MR) is 216 cm³/mol. The maximum atomic E-state index is 2.41. The Bertz CT molecular complexity index is 2370. The van der Waals surface area contributed by atoms with Crippen molar-refractivity contribution in [3.05, 3.63) is 186 Å². The molecule has 0 saturated heterocycles. The summed E-state index contributed by atoms with van der Waals surface area (Å²) >= 11 is 0. The second-order valence-corrected chi connectivity index (χ2v) is 14.6. The smallest absolute Gasteiger partial charge is 0.0465 e. The lowest BCUT2D eigenvalue weighted by molar-refractivity contribution is 0.660. The summed E-state index contributed by atoms with van der Waals surface area (Å²) in [6, 6.07) is 60.4. The minimum absolute atomic E-state index is 0. The molecule has 1 heteroatoms. The Morgan fingerprint density at radius 1 is 0.360 bits per heavy atom. The first-order valence-corrected chi connectivity index (χ1v) is 17.4. The van der Waals surface area contributed by atoms with Gasteiger partial charge >= 0.3 is 0 Å². The van der Waals surface area contributed by atoms with Crippen molar-refractivity contribution in [2.45, 2.75) is 46.0 Å². The van der Waals surface area contributed by atoms with E-state index in [4.69, 9.17) is 0 Å². The zero-order valence-corrected chi connectivity index (χ0v) is 28.5. The van der Waals surface area contributed by atoms with Gasteiger partial charge in [0.1, 0.15) is 0 Å². The van der Waals surface area contributed by atoms with Crippen molar-refractivity contribution >= 4 is 17.1 Å². The van der Waals surface area contributed by atoms with Gasteiger partial charge in [-0.1, -0.05) is 163 Å². The first kappa shape index (κ1) is 31.6. The molecule has 0 radical (unpaired) electrons. The van der Waals surface area contributed by atoms with Gasteiger partial charge in [0.15, 0.2) is 0 Å². The molecule has 0 N–H and O–H groups in total. The third-order valence-corrected chi connectivity index (χ3v) is 11.1. The van der Waals surface area contributed by atoms with E-state index in [2.05, 4.69) is 196 Å². The molecule has 246 valence electrons. The minimum Gasteiger partial charge on any atom is -0.310 e. The van der Waals surface area contributed by atoms with Crippen LogP contribution in [0.5, 0.6) is 0 Å². The first-order valence-electron chi connectivity index (χ1n) is 17.4. The summed E-state index contributed by atoms with van der Waals surface area (Å²) in [5.41, 5.74) is 19.3. The lowest BCUT2D eigenvalue weighted by Crippen LogP contribution is -2.16. The molecule has 0 heterocycles. The summed E-state index contributed by atoms with van der Waals surface area (Å²) in [7, 11) is 0. The molecule has 1 nitrogen and oxygen atoms in total. The number of hydrogen-bond acceptors (Lipinski definition) is 1. The van der Waals surface area contributed by atoms with E-state index in [1.807, 2.05) is 0 Å². The van der Waals surface area contributed by atoms with E-state index in [1.54, 1.807) is 0 Å². The summed E-state index contributed by atoms with van der Waals surface area (Å²) < 4.78 is 0. The highest BCUT2D eigenvalue weighted by atomic mass is 15.1. The van der Waals surface area contributed by atoms with Crippen LogP contribution in [-0.4, -0.2) is 0 Å². The Hall–Kier alpha value is -5.66. The number of rotatable bonds is 5. The van der Waals surface area contributed by atoms with Crippen LogP contribution in [0.1, 0.15) is 58.8 Å². The number of benzene rings is 7. The molecule has 2 aliphatic carbocycles. The van der Waals surface area contributed by atoms with Crippen LogP contribution in [0.4, 0.5) is 17.1 Å². The molecular weight excluding hydrogens is 603 g/mol. The molecule has 0 fully saturated rings. The van der Waals surface area contributed by atoms with E-state index in [-0.39, 0.29) is 19.7 Å². The van der Waals surface area contributed by atoms with Crippen molar-refractivity contribution in [3.63, 3.8) is 0 Å². The van der Waals surface area contributed by atoms with E-state index in [0.717, 1.165) is 17.1 Å². The van der Waals surface area contributed by atoms with Gasteiger partial charge in [-0.05, 0) is 103 Å². The summed E-state index contributed by atoms with van der Waals surface area (Å²) in [5.74, 6) is 0. The van der Waals surface area contributed by atoms with Gasteiger partial charge in [-0.2, -0.15) is 0 Å². The second-order valence-electron chi connectivity index (χ2n) is 14.6. The zero-order valence-electron chi connectivity index (χ0n) is 28.5. The number of hydrogen-bond donors (Lipinski definition) is 0. The van der Waals surface area contributed by atoms with Crippen molar-refractivity contribution in [3.8, 4) is 44.5 Å². The lowest BCUT2D eigenvalue weighted by atomic mass is 9.82. The molecule has 0 saturated carbocycles. The van der Waals surface area contributed by atoms with Gasteiger partial charge in [-0.25, -0.2) is 0 Å². The molecular formula is C49H45N. The first-order chi connectivity index (χ1) is 23.8. The molecule has 7 aromatic carbocycles. The molecule has 0 bridgehead atoms. The van der Waals surface area contributed by atoms with E-state index < -0.39 is 0 Å². The van der Waals surface area contributed by atoms with E-state index in [1.165, 1.54) is 66.8 Å². The number of anilines is 3. The zero-order chi connectivity index (χ0) is 33.3. The molecule has 0 amide bonds. The Kier molecular flexibility index (Phi) is 7.42. The Balaban J connectivity index is 0.00000203. The van der Waals surface area contributed by atoms with E-state index in [0.29, 0.717) is 0 Å². The molecule has 9 rings (SSSR count). The van der Waals surface area contributed by atoms with Gasteiger partial charge in [0.25, 0.3) is 0 Å². The van der Waals surface area contributed by atoms with Crippen molar-refractivity contribution in [1.29, 1.82) is 0 Å². The van der Waals surface area contributed by atoms with Gasteiger partial charge < -0.3 is 4.90 Å². The molecule has 0 spiro atoms. The third-order valence-electron chi connectivity index (χ3n) is 11.1. The largest absolute Gasteiger partial charge is 0.310 e. The van der Waals surface area contributed by atoms with Crippen LogP contribution in [-0.2, 0) is 10.8 Å². The van der Waals surface area contributed by atoms with Gasteiger partial charge in [0.2, 0.25) is 0 Å². The van der Waals surface area contributed by atoms with Crippen molar-refractivity contribution in [2.75, 3.05) is 4.90 Å². The molecule has 0 atom stereocenters. The second kappa shape index (κ2) is 11.7. The highest BCUT2D eigenvalue weighted by Gasteiger charge is 2.37. The van der Waals surface area contributed by atoms with Crippen LogP contribution in [0.25, 0.3) is 44.5 Å². The van der Waals surface area contributed by atoms with Gasteiger partial charge in [0, 0.05) is 29.3 Å². The maximum Gasteiger partial charge on any atom is 0.0465 e. The van der Waals surface area contributed by atoms with Crippen molar-refractivity contribution < 1.29 is 1.43 Å². The molecule has 7 aromatic rings. The monoisotopic (exact) mass is 647 g/mol. The van der Waals surface area contributed by atoms with Crippen molar-refractivity contribution in [2.24, 2.45) is 0 Å². The van der Waals surface area contributed by atoms with Crippen LogP contribution >= 0.6 is 0 Å². The average molecular weight is 648 g/mol. The normalized spacial score (nSPS) is 14.2. The minimum atomic E-state index is -0.0770. The predicted octanol–water partition coefficient (Wildman–Crippen LogP) is 14.0. The Morgan fingerprint density at radius 2 is 0.820 bits per heavy atom. The van der Waals surface area contributed by atoms with E-state index >= 15 is 0 Å². The molecule has 2 aliphatic rings. The van der Waals surface area contributed by atoms with Gasteiger partial charge in [-0.15, -0.1) is 0 Å². The van der Waals surface area contributed by atoms with Crippen LogP contribution in [0.3, 0.4) is 0 Å². The molecule has 0 aliphatic heterocycles. The highest BCUT2D eigenvalue weighted by Crippen LogP contribution is 2.53. The number of nitrogens with zero attached hydrogens (tertiary/aromatic N) is 1. The van der Waals surface area contributed by atoms with Crippen LogP contribution in [0, 0.1) is 0 Å². The topological polar surface area (TPSA) is 3.24 Å². The molecule has 0 unspecified atom stereocenters. The fourth-order valence-corrected chi connectivity index (χ4v) is 8.50. The summed E-state index contributed by atoms with van der Waals surface area (Å²) in [6.45, 7) is 9.41. The fourth-order valence-electron chi connectivity index (χ4n) is 8.50. The lowest BCUT2D eigenvalue weighted by Gasteiger charge is -2.28. The van der Waals surface area contributed by atoms with Crippen LogP contribution in [0.2, 0.25) is 0 Å². The van der Waals surface area contributed by atoms with Crippen LogP contribution < -0.4 is 4.90 Å². The SMILES string of the molecule is C.CC1(C)c2ccccc2-c2ccc(N(c3ccc(-c4ccccc4)cc3)c3ccc(-c4cccc5c4-c4ccccc4C5(C)C)cc3)cc21.[HH]. The molecule has 0 aromatic heterocycles. The third kappa shape index (κ3) is 4.76. The van der Waals surface area contributed by atoms with E-state index in [9.17, 15) is 0 Å². The highest BCUT2D eigenvalue weighted by molar-refractivity contribution is 5.93. The fraction of sp³-hybridized carbons (Fsp3) is 0.143. The summed E-state index contributed by atoms with van der Waals surface area (Å²) in [4.78, 5) is 2.41. The van der Waals surface area contributed by atoms with Gasteiger partial charge in [0.05, 0.1) is 0 Å². The molecule has 50 heavy (non-hydrogen) atoms.